The molecular weight excluding hydrogens is 313 g/mol. The average molecular weight is 332 g/mol. The summed E-state index contributed by atoms with van der Waals surface area (Å²) >= 11 is 7.68. The van der Waals surface area contributed by atoms with Gasteiger partial charge in [-0.25, -0.2) is 4.39 Å². The number of hydrogen-bond acceptors (Lipinski definition) is 4. The predicted molar refractivity (Wildman–Crippen MR) is 85.6 cm³/mol. The first-order chi connectivity index (χ1) is 10.0. The van der Waals surface area contributed by atoms with E-state index in [4.69, 9.17) is 22.5 Å². The molecule has 3 N–H and O–H groups in total. The number of piperidine rings is 1. The fourth-order valence-corrected chi connectivity index (χ4v) is 3.69. The van der Waals surface area contributed by atoms with Gasteiger partial charge in [-0.1, -0.05) is 22.8 Å². The molecule has 1 aromatic rings. The van der Waals surface area contributed by atoms with Crippen molar-refractivity contribution in [3.05, 3.63) is 34.6 Å². The van der Waals surface area contributed by atoms with Crippen LogP contribution in [-0.4, -0.2) is 40.0 Å². The van der Waals surface area contributed by atoms with Crippen LogP contribution in [0.15, 0.2) is 23.4 Å². The lowest BCUT2D eigenvalue weighted by Gasteiger charge is -2.39. The summed E-state index contributed by atoms with van der Waals surface area (Å²) in [5, 5.41) is 12.6. The zero-order valence-electron chi connectivity index (χ0n) is 11.9. The van der Waals surface area contributed by atoms with Gasteiger partial charge < -0.3 is 10.9 Å². The van der Waals surface area contributed by atoms with E-state index in [-0.39, 0.29) is 16.4 Å². The minimum Gasteiger partial charge on any atom is -0.409 e. The Hall–Kier alpha value is -0.980. The number of amidine groups is 1. The van der Waals surface area contributed by atoms with Crippen molar-refractivity contribution in [3.8, 4) is 0 Å². The Morgan fingerprint density at radius 1 is 1.52 bits per heavy atom. The molecule has 0 bridgehead atoms. The van der Waals surface area contributed by atoms with Crippen LogP contribution in [0.4, 0.5) is 4.39 Å². The van der Waals surface area contributed by atoms with Gasteiger partial charge >= 0.3 is 0 Å². The van der Waals surface area contributed by atoms with Gasteiger partial charge in [-0.2, -0.15) is 11.8 Å². The molecule has 116 valence electrons. The molecule has 1 aliphatic heterocycles. The Morgan fingerprint density at radius 3 is 2.71 bits per heavy atom. The molecule has 0 unspecified atom stereocenters. The quantitative estimate of drug-likeness (QED) is 0.385. The molecule has 0 radical (unpaired) electrons. The zero-order chi connectivity index (χ0) is 15.5. The van der Waals surface area contributed by atoms with Gasteiger partial charge in [-0.15, -0.1) is 0 Å². The minimum atomic E-state index is -0.323. The Balaban J connectivity index is 2.01. The molecule has 0 amide bonds. The maximum atomic E-state index is 13.0. The summed E-state index contributed by atoms with van der Waals surface area (Å²) in [6.45, 7) is 2.33. The van der Waals surface area contributed by atoms with E-state index in [0.29, 0.717) is 11.6 Å². The van der Waals surface area contributed by atoms with Gasteiger partial charge in [0.05, 0.1) is 4.75 Å². The van der Waals surface area contributed by atoms with Gasteiger partial charge in [-0.05, 0) is 36.8 Å². The lowest BCUT2D eigenvalue weighted by atomic mass is 9.94. The van der Waals surface area contributed by atoms with Crippen molar-refractivity contribution in [1.82, 2.24) is 4.90 Å². The summed E-state index contributed by atoms with van der Waals surface area (Å²) in [4.78, 5) is 2.25. The van der Waals surface area contributed by atoms with Crippen LogP contribution in [-0.2, 0) is 6.54 Å². The minimum absolute atomic E-state index is 0.287. The molecule has 0 aliphatic carbocycles. The molecule has 0 saturated carbocycles. The maximum Gasteiger partial charge on any atom is 0.155 e. The summed E-state index contributed by atoms with van der Waals surface area (Å²) in [6.07, 6.45) is 3.59. The molecule has 0 aromatic heterocycles. The summed E-state index contributed by atoms with van der Waals surface area (Å²) in [6, 6.07) is 4.48. The highest BCUT2D eigenvalue weighted by Crippen LogP contribution is 2.35. The normalized spacial score (nSPS) is 19.7. The third-order valence-electron chi connectivity index (χ3n) is 4.04. The molecule has 1 fully saturated rings. The Bertz CT molecular complexity index is 533. The second kappa shape index (κ2) is 6.85. The topological polar surface area (TPSA) is 61.9 Å². The van der Waals surface area contributed by atoms with Crippen molar-refractivity contribution in [2.75, 3.05) is 19.3 Å². The smallest absolute Gasteiger partial charge is 0.155 e. The first-order valence-corrected chi connectivity index (χ1v) is 8.30. The van der Waals surface area contributed by atoms with E-state index >= 15 is 0 Å². The zero-order valence-corrected chi connectivity index (χ0v) is 13.4. The number of nitrogens with zero attached hydrogens (tertiary/aromatic N) is 2. The lowest BCUT2D eigenvalue weighted by molar-refractivity contribution is 0.209. The number of thioether (sulfide) groups is 1. The van der Waals surface area contributed by atoms with Crippen molar-refractivity contribution < 1.29 is 9.60 Å². The van der Waals surface area contributed by atoms with Gasteiger partial charge in [-0.3, -0.25) is 4.90 Å². The van der Waals surface area contributed by atoms with E-state index < -0.39 is 0 Å². The number of halogens is 2. The monoisotopic (exact) mass is 331 g/mol. The average Bonchev–Trinajstić information content (AvgIpc) is 2.50. The molecular formula is C14H19ClFN3OS. The summed E-state index contributed by atoms with van der Waals surface area (Å²) in [5.74, 6) is -0.0369. The molecule has 1 aromatic carbocycles. The fraction of sp³-hybridized carbons (Fsp3) is 0.500. The van der Waals surface area contributed by atoms with Gasteiger partial charge in [0.15, 0.2) is 5.84 Å². The van der Waals surface area contributed by atoms with Crippen LogP contribution in [0.3, 0.4) is 0 Å². The molecule has 0 spiro atoms. The first-order valence-electron chi connectivity index (χ1n) is 6.70. The van der Waals surface area contributed by atoms with Crippen LogP contribution in [0.5, 0.6) is 0 Å². The van der Waals surface area contributed by atoms with Crippen molar-refractivity contribution in [2.45, 2.75) is 24.1 Å². The molecule has 1 aliphatic rings. The lowest BCUT2D eigenvalue weighted by Crippen LogP contribution is -2.49. The van der Waals surface area contributed by atoms with E-state index in [1.807, 2.05) is 6.26 Å². The highest BCUT2D eigenvalue weighted by molar-refractivity contribution is 8.00. The third-order valence-corrected chi connectivity index (χ3v) is 5.79. The summed E-state index contributed by atoms with van der Waals surface area (Å²) in [5.41, 5.74) is 6.75. The molecule has 1 saturated heterocycles. The van der Waals surface area contributed by atoms with Gasteiger partial charge in [0.1, 0.15) is 5.82 Å². The summed E-state index contributed by atoms with van der Waals surface area (Å²) in [7, 11) is 0. The van der Waals surface area contributed by atoms with Crippen molar-refractivity contribution >= 4 is 29.2 Å². The SMILES string of the molecule is CSC1(C(N)=NO)CCN(Cc2ccc(F)cc2Cl)CC1. The maximum absolute atomic E-state index is 13.0. The number of benzene rings is 1. The van der Waals surface area contributed by atoms with E-state index in [2.05, 4.69) is 10.1 Å². The van der Waals surface area contributed by atoms with Crippen LogP contribution in [0, 0.1) is 5.82 Å². The number of rotatable bonds is 4. The van der Waals surface area contributed by atoms with Gasteiger partial charge in [0.2, 0.25) is 0 Å². The number of hydrogen-bond donors (Lipinski definition) is 2. The van der Waals surface area contributed by atoms with Crippen molar-refractivity contribution in [1.29, 1.82) is 0 Å². The fourth-order valence-electron chi connectivity index (χ4n) is 2.62. The van der Waals surface area contributed by atoms with E-state index in [9.17, 15) is 4.39 Å². The number of nitrogens with two attached hydrogens (primary N) is 1. The van der Waals surface area contributed by atoms with Crippen LogP contribution in [0.1, 0.15) is 18.4 Å². The van der Waals surface area contributed by atoms with E-state index in [0.717, 1.165) is 31.5 Å². The molecule has 1 heterocycles. The predicted octanol–water partition coefficient (Wildman–Crippen LogP) is 2.92. The Morgan fingerprint density at radius 2 is 2.19 bits per heavy atom. The largest absolute Gasteiger partial charge is 0.409 e. The number of likely N-dealkylation sites (tertiary alicyclic amines) is 1. The second-order valence-corrected chi connectivity index (χ2v) is 6.79. The molecule has 21 heavy (non-hydrogen) atoms. The third kappa shape index (κ3) is 3.62. The van der Waals surface area contributed by atoms with Crippen molar-refractivity contribution in [3.63, 3.8) is 0 Å². The highest BCUT2D eigenvalue weighted by Gasteiger charge is 2.38. The van der Waals surface area contributed by atoms with Crippen LogP contribution < -0.4 is 5.73 Å². The van der Waals surface area contributed by atoms with E-state index in [1.165, 1.54) is 12.1 Å². The molecule has 7 heteroatoms. The molecule has 2 rings (SSSR count). The Kier molecular flexibility index (Phi) is 5.35. The van der Waals surface area contributed by atoms with Gasteiger partial charge in [0, 0.05) is 24.7 Å². The van der Waals surface area contributed by atoms with Crippen LogP contribution >= 0.6 is 23.4 Å². The van der Waals surface area contributed by atoms with Crippen LogP contribution in [0.25, 0.3) is 0 Å². The summed E-state index contributed by atoms with van der Waals surface area (Å²) < 4.78 is 12.8. The molecule has 4 nitrogen and oxygen atoms in total. The van der Waals surface area contributed by atoms with Crippen molar-refractivity contribution in [2.24, 2.45) is 10.9 Å². The number of oxime groups is 1. The standard InChI is InChI=1S/C14H19ClFN3OS/c1-21-14(13(17)18-20)4-6-19(7-5-14)9-10-2-3-11(16)8-12(10)15/h2-3,8,20H,4-7,9H2,1H3,(H2,17,18). The van der Waals surface area contributed by atoms with E-state index in [1.54, 1.807) is 17.8 Å². The Labute approximate surface area is 133 Å². The highest BCUT2D eigenvalue weighted by atomic mass is 35.5. The van der Waals surface area contributed by atoms with Crippen LogP contribution in [0.2, 0.25) is 5.02 Å². The second-order valence-electron chi connectivity index (χ2n) is 5.20. The van der Waals surface area contributed by atoms with Gasteiger partial charge in [0.25, 0.3) is 0 Å². The first kappa shape index (κ1) is 16.4. The molecule has 0 atom stereocenters.